The second-order valence-electron chi connectivity index (χ2n) is 14.0. The van der Waals surface area contributed by atoms with Crippen LogP contribution in [0, 0.1) is 17.3 Å². The van der Waals surface area contributed by atoms with Crippen molar-refractivity contribution >= 4 is 11.6 Å². The van der Waals surface area contributed by atoms with Gasteiger partial charge in [0.1, 0.15) is 0 Å². The molecule has 3 aromatic rings. The molecule has 0 N–H and O–H groups in total. The van der Waals surface area contributed by atoms with Crippen LogP contribution >= 0.6 is 0 Å². The van der Waals surface area contributed by atoms with Crippen LogP contribution in [0.25, 0.3) is 11.5 Å². The van der Waals surface area contributed by atoms with E-state index in [1.54, 1.807) is 0 Å². The van der Waals surface area contributed by atoms with Crippen LogP contribution < -0.4 is 4.90 Å². The third-order valence-electron chi connectivity index (χ3n) is 10.9. The van der Waals surface area contributed by atoms with Gasteiger partial charge in [-0.15, -0.1) is 0 Å². The molecule has 1 saturated heterocycles. The van der Waals surface area contributed by atoms with Gasteiger partial charge in [0.25, 0.3) is 5.89 Å². The minimum absolute atomic E-state index is 0.00880. The lowest BCUT2D eigenvalue weighted by Crippen LogP contribution is -2.51. The van der Waals surface area contributed by atoms with Crippen LogP contribution in [0.4, 0.5) is 5.69 Å². The Bertz CT molecular complexity index is 1410. The van der Waals surface area contributed by atoms with Crippen LogP contribution in [0.5, 0.6) is 0 Å². The molecule has 1 amide bonds. The summed E-state index contributed by atoms with van der Waals surface area (Å²) in [5, 5.41) is 8.57. The first-order valence-electron chi connectivity index (χ1n) is 16.2. The molecule has 5 saturated carbocycles. The highest BCUT2D eigenvalue weighted by Crippen LogP contribution is 2.58. The Labute approximate surface area is 246 Å². The van der Waals surface area contributed by atoms with Crippen molar-refractivity contribution in [2.45, 2.75) is 101 Å². The molecule has 1 aliphatic heterocycles. The van der Waals surface area contributed by atoms with E-state index >= 15 is 0 Å². The van der Waals surface area contributed by atoms with Crippen molar-refractivity contribution in [3.63, 3.8) is 0 Å². The summed E-state index contributed by atoms with van der Waals surface area (Å²) in [6, 6.07) is 8.16. The summed E-state index contributed by atoms with van der Waals surface area (Å²) in [6.45, 7) is 2.23. The Hall–Kier alpha value is -3.07. The van der Waals surface area contributed by atoms with E-state index in [-0.39, 0.29) is 16.7 Å². The summed E-state index contributed by atoms with van der Waals surface area (Å²) < 4.78 is 17.1. The van der Waals surface area contributed by atoms with Crippen LogP contribution in [0.15, 0.2) is 33.3 Å². The number of hydrogen-bond donors (Lipinski definition) is 0. The summed E-state index contributed by atoms with van der Waals surface area (Å²) in [7, 11) is 0. The number of carbonyl (C=O) groups is 1. The normalized spacial score (nSPS) is 27.8. The lowest BCUT2D eigenvalue weighted by molar-refractivity contribution is -0.121. The second-order valence-corrected chi connectivity index (χ2v) is 14.0. The van der Waals surface area contributed by atoms with Crippen molar-refractivity contribution in [1.82, 2.24) is 20.3 Å². The van der Waals surface area contributed by atoms with E-state index in [0.717, 1.165) is 106 Å². The molecule has 1 aromatic carbocycles. The van der Waals surface area contributed by atoms with Gasteiger partial charge in [0.2, 0.25) is 11.8 Å². The number of benzene rings is 1. The summed E-state index contributed by atoms with van der Waals surface area (Å²) in [4.78, 5) is 25.7. The van der Waals surface area contributed by atoms with Gasteiger partial charge >= 0.3 is 0 Å². The zero-order chi connectivity index (χ0) is 28.1. The van der Waals surface area contributed by atoms with E-state index < -0.39 is 0 Å². The third-order valence-corrected chi connectivity index (χ3v) is 10.9. The molecular formula is C33H41N5O4. The molecule has 9 rings (SSSR count). The van der Waals surface area contributed by atoms with Gasteiger partial charge in [0.05, 0.1) is 0 Å². The molecule has 9 nitrogen and oxygen atoms in total. The molecule has 0 radical (unpaired) electrons. The van der Waals surface area contributed by atoms with Crippen molar-refractivity contribution in [1.29, 1.82) is 0 Å². The van der Waals surface area contributed by atoms with Gasteiger partial charge in [-0.1, -0.05) is 16.4 Å². The molecule has 3 heterocycles. The van der Waals surface area contributed by atoms with Crippen LogP contribution in [-0.4, -0.2) is 45.9 Å². The van der Waals surface area contributed by atoms with Gasteiger partial charge in [-0.2, -0.15) is 9.97 Å². The fourth-order valence-corrected chi connectivity index (χ4v) is 7.59. The number of fused-ring (bicyclic) bond motifs is 3. The van der Waals surface area contributed by atoms with E-state index in [0.29, 0.717) is 30.1 Å². The van der Waals surface area contributed by atoms with E-state index in [1.165, 1.54) is 25.7 Å². The lowest BCUT2D eigenvalue weighted by Gasteiger charge is -2.53. The van der Waals surface area contributed by atoms with Crippen LogP contribution in [-0.2, 0) is 21.4 Å². The molecule has 2 bridgehead atoms. The van der Waals surface area contributed by atoms with E-state index in [1.807, 2.05) is 12.1 Å². The lowest BCUT2D eigenvalue weighted by atomic mass is 9.53. The number of anilines is 1. The fraction of sp³-hybridized carbons (Fsp3) is 0.667. The first-order valence-corrected chi connectivity index (χ1v) is 16.2. The minimum atomic E-state index is 0.00880. The van der Waals surface area contributed by atoms with Gasteiger partial charge in [-0.25, -0.2) is 0 Å². The number of nitrogens with zero attached hydrogens (tertiary/aromatic N) is 5. The molecule has 0 spiro atoms. The summed E-state index contributed by atoms with van der Waals surface area (Å²) in [6.07, 6.45) is 14.6. The quantitative estimate of drug-likeness (QED) is 0.275. The van der Waals surface area contributed by atoms with Gasteiger partial charge in [0.15, 0.2) is 11.6 Å². The summed E-state index contributed by atoms with van der Waals surface area (Å²) >= 11 is 0. The first kappa shape index (κ1) is 26.5. The Kier molecular flexibility index (Phi) is 6.69. The van der Waals surface area contributed by atoms with Crippen molar-refractivity contribution in [3.8, 4) is 11.5 Å². The third kappa shape index (κ3) is 5.29. The number of hydrogen-bond acceptors (Lipinski definition) is 8. The maximum absolute atomic E-state index is 14.1. The monoisotopic (exact) mass is 571 g/mol. The highest BCUT2D eigenvalue weighted by atomic mass is 16.5. The average molecular weight is 572 g/mol. The fourth-order valence-electron chi connectivity index (χ4n) is 7.59. The Morgan fingerprint density at radius 3 is 2.40 bits per heavy atom. The SMILES string of the molecule is O=C(CC1CCOCC1)N(CC12CCC(c3nc(C4CC4)no3)(CC1)CC2)c1cccc(-c2nc(CC3CC3)no2)c1. The van der Waals surface area contributed by atoms with Gasteiger partial charge in [-0.05, 0) is 112 Å². The largest absolute Gasteiger partial charge is 0.381 e. The van der Waals surface area contributed by atoms with Crippen molar-refractivity contribution in [2.75, 3.05) is 24.7 Å². The average Bonchev–Trinajstić information content (AvgIpc) is 3.95. The minimum Gasteiger partial charge on any atom is -0.381 e. The molecule has 222 valence electrons. The molecule has 2 aromatic heterocycles. The predicted octanol–water partition coefficient (Wildman–Crippen LogP) is 6.39. The maximum atomic E-state index is 14.1. The molecule has 6 aliphatic rings. The van der Waals surface area contributed by atoms with Crippen LogP contribution in [0.3, 0.4) is 0 Å². The van der Waals surface area contributed by atoms with Crippen LogP contribution in [0.1, 0.15) is 107 Å². The van der Waals surface area contributed by atoms with Gasteiger partial charge < -0.3 is 18.7 Å². The Morgan fingerprint density at radius 1 is 0.881 bits per heavy atom. The van der Waals surface area contributed by atoms with Crippen molar-refractivity contribution in [2.24, 2.45) is 17.3 Å². The zero-order valence-electron chi connectivity index (χ0n) is 24.4. The predicted molar refractivity (Wildman–Crippen MR) is 155 cm³/mol. The molecule has 5 aliphatic carbocycles. The highest BCUT2D eigenvalue weighted by Gasteiger charge is 2.53. The number of ether oxygens (including phenoxy) is 1. The number of aromatic nitrogens is 4. The number of amides is 1. The molecular weight excluding hydrogens is 530 g/mol. The maximum Gasteiger partial charge on any atom is 0.257 e. The molecule has 0 atom stereocenters. The highest BCUT2D eigenvalue weighted by molar-refractivity contribution is 5.94. The molecule has 0 unspecified atom stereocenters. The van der Waals surface area contributed by atoms with Gasteiger partial charge in [0, 0.05) is 55.2 Å². The summed E-state index contributed by atoms with van der Waals surface area (Å²) in [5.74, 6) is 4.87. The second kappa shape index (κ2) is 10.6. The number of rotatable bonds is 10. The number of carbonyl (C=O) groups excluding carboxylic acids is 1. The van der Waals surface area contributed by atoms with Gasteiger partial charge in [-0.3, -0.25) is 4.79 Å². The smallest absolute Gasteiger partial charge is 0.257 e. The van der Waals surface area contributed by atoms with E-state index in [4.69, 9.17) is 18.8 Å². The Morgan fingerprint density at radius 2 is 1.67 bits per heavy atom. The van der Waals surface area contributed by atoms with Crippen molar-refractivity contribution < 1.29 is 18.6 Å². The van der Waals surface area contributed by atoms with Crippen LogP contribution in [0.2, 0.25) is 0 Å². The first-order chi connectivity index (χ1) is 20.6. The molecule has 42 heavy (non-hydrogen) atoms. The van der Waals surface area contributed by atoms with Crippen molar-refractivity contribution in [3.05, 3.63) is 41.8 Å². The summed E-state index contributed by atoms with van der Waals surface area (Å²) in [5.41, 5.74) is 1.91. The molecule has 6 fully saturated rings. The standard InChI is InChI=1S/C33H41N5O4/c39-28(19-23-8-16-40-17-9-23)38(26-3-1-2-25(20-26)30-34-27(36-41-30)18-22-4-5-22)21-32-10-13-33(14-11-32,15-12-32)31-35-29(37-42-31)24-6-7-24/h1-3,20,22-24H,4-19,21H2. The zero-order valence-corrected chi connectivity index (χ0v) is 24.4. The topological polar surface area (TPSA) is 107 Å². The molecule has 9 heteroatoms. The van der Waals surface area contributed by atoms with E-state index in [9.17, 15) is 4.79 Å². The van der Waals surface area contributed by atoms with E-state index in [2.05, 4.69) is 32.3 Å². The Balaban J connectivity index is 1.03.